The monoisotopic (exact) mass is 289 g/mol. The van der Waals surface area contributed by atoms with E-state index in [1.54, 1.807) is 7.11 Å². The number of rotatable bonds is 6. The van der Waals surface area contributed by atoms with Crippen LogP contribution in [0.4, 0.5) is 0 Å². The van der Waals surface area contributed by atoms with Gasteiger partial charge < -0.3 is 19.7 Å². The Labute approximate surface area is 123 Å². The smallest absolute Gasteiger partial charge is 0.243 e. The number of ether oxygens (including phenoxy) is 2. The molecular weight excluding hydrogens is 270 g/mol. The summed E-state index contributed by atoms with van der Waals surface area (Å²) >= 11 is 0. The molecule has 2 atom stereocenters. The average molecular weight is 289 g/mol. The van der Waals surface area contributed by atoms with Crippen molar-refractivity contribution in [2.75, 3.05) is 20.3 Å². The summed E-state index contributed by atoms with van der Waals surface area (Å²) in [5.41, 5.74) is 7.15. The molecule has 1 aromatic heterocycles. The Kier molecular flexibility index (Phi) is 4.17. The van der Waals surface area contributed by atoms with Gasteiger partial charge in [0.25, 0.3) is 0 Å². The van der Waals surface area contributed by atoms with Crippen LogP contribution in [0.15, 0.2) is 28.8 Å². The Bertz CT molecular complexity index is 599. The van der Waals surface area contributed by atoms with Crippen molar-refractivity contribution >= 4 is 0 Å². The summed E-state index contributed by atoms with van der Waals surface area (Å²) < 4.78 is 16.0. The fraction of sp³-hybridized carbons (Fsp3) is 0.467. The maximum Gasteiger partial charge on any atom is 0.243 e. The van der Waals surface area contributed by atoms with Crippen molar-refractivity contribution in [2.24, 2.45) is 5.73 Å². The van der Waals surface area contributed by atoms with Gasteiger partial charge in [-0.1, -0.05) is 23.4 Å². The molecule has 2 unspecified atom stereocenters. The fourth-order valence-electron chi connectivity index (χ4n) is 2.49. The predicted molar refractivity (Wildman–Crippen MR) is 76.1 cm³/mol. The van der Waals surface area contributed by atoms with Gasteiger partial charge in [0.2, 0.25) is 5.89 Å². The largest absolute Gasteiger partial charge is 0.492 e. The molecule has 0 fully saturated rings. The van der Waals surface area contributed by atoms with Crippen LogP contribution in [0.1, 0.15) is 42.1 Å². The maximum atomic E-state index is 6.06. The predicted octanol–water partition coefficient (Wildman–Crippen LogP) is 2.02. The third-order valence-electron chi connectivity index (χ3n) is 3.65. The Morgan fingerprint density at radius 3 is 3.14 bits per heavy atom. The fourth-order valence-corrected chi connectivity index (χ4v) is 2.49. The lowest BCUT2D eigenvalue weighted by atomic mass is 10.0. The van der Waals surface area contributed by atoms with E-state index in [-0.39, 0.29) is 12.0 Å². The number of hydrogen-bond donors (Lipinski definition) is 1. The third-order valence-corrected chi connectivity index (χ3v) is 3.65. The van der Waals surface area contributed by atoms with Gasteiger partial charge in [-0.3, -0.25) is 0 Å². The molecule has 6 heteroatoms. The zero-order chi connectivity index (χ0) is 14.7. The highest BCUT2D eigenvalue weighted by Gasteiger charge is 2.30. The van der Waals surface area contributed by atoms with Crippen LogP contribution in [0.2, 0.25) is 0 Å². The molecule has 2 aromatic rings. The van der Waals surface area contributed by atoms with Gasteiger partial charge >= 0.3 is 0 Å². The second-order valence-corrected chi connectivity index (χ2v) is 5.13. The molecular formula is C15H19N3O3. The van der Waals surface area contributed by atoms with Crippen LogP contribution in [0.5, 0.6) is 5.75 Å². The second kappa shape index (κ2) is 6.24. The molecule has 3 rings (SSSR count). The van der Waals surface area contributed by atoms with Crippen LogP contribution in [-0.2, 0) is 4.74 Å². The standard InChI is InChI=1S/C15H19N3O3/c1-19-8-4-6-12(16)15-17-14(18-21-15)11-9-20-13-7-3-2-5-10(11)13/h2-3,5,7,11-12H,4,6,8-9,16H2,1H3. The van der Waals surface area contributed by atoms with Gasteiger partial charge in [-0.2, -0.15) is 4.98 Å². The lowest BCUT2D eigenvalue weighted by molar-refractivity contribution is 0.188. The number of methoxy groups -OCH3 is 1. The average Bonchev–Trinajstić information content (AvgIpc) is 3.13. The number of para-hydroxylation sites is 1. The molecule has 21 heavy (non-hydrogen) atoms. The van der Waals surface area contributed by atoms with Crippen molar-refractivity contribution in [3.63, 3.8) is 0 Å². The highest BCUT2D eigenvalue weighted by molar-refractivity contribution is 5.42. The quantitative estimate of drug-likeness (QED) is 0.819. The van der Waals surface area contributed by atoms with Gasteiger partial charge in [0.15, 0.2) is 5.82 Å². The highest BCUT2D eigenvalue weighted by Crippen LogP contribution is 2.36. The van der Waals surface area contributed by atoms with Crippen LogP contribution in [0.25, 0.3) is 0 Å². The third kappa shape index (κ3) is 2.91. The molecule has 2 N–H and O–H groups in total. The molecule has 0 saturated carbocycles. The first-order valence-corrected chi connectivity index (χ1v) is 7.09. The van der Waals surface area contributed by atoms with Crippen molar-refractivity contribution in [1.82, 2.24) is 10.1 Å². The van der Waals surface area contributed by atoms with Crippen molar-refractivity contribution in [3.8, 4) is 5.75 Å². The van der Waals surface area contributed by atoms with Gasteiger partial charge in [-0.15, -0.1) is 0 Å². The lowest BCUT2D eigenvalue weighted by Crippen LogP contribution is -2.12. The first-order chi connectivity index (χ1) is 10.3. The minimum atomic E-state index is -0.251. The molecule has 0 saturated heterocycles. The number of fused-ring (bicyclic) bond motifs is 1. The molecule has 6 nitrogen and oxygen atoms in total. The normalized spacial score (nSPS) is 18.3. The Morgan fingerprint density at radius 2 is 2.29 bits per heavy atom. The number of benzene rings is 1. The molecule has 1 aliphatic rings. The molecule has 1 aromatic carbocycles. The van der Waals surface area contributed by atoms with Crippen molar-refractivity contribution in [2.45, 2.75) is 24.8 Å². The van der Waals surface area contributed by atoms with E-state index < -0.39 is 0 Å². The minimum absolute atomic E-state index is 0.0184. The second-order valence-electron chi connectivity index (χ2n) is 5.13. The van der Waals surface area contributed by atoms with E-state index in [9.17, 15) is 0 Å². The maximum absolute atomic E-state index is 6.06. The van der Waals surface area contributed by atoms with Crippen LogP contribution in [0, 0.1) is 0 Å². The molecule has 0 amide bonds. The van der Waals surface area contributed by atoms with E-state index >= 15 is 0 Å². The Morgan fingerprint density at radius 1 is 1.43 bits per heavy atom. The number of nitrogens with zero attached hydrogens (tertiary/aromatic N) is 2. The zero-order valence-electron chi connectivity index (χ0n) is 12.0. The number of hydrogen-bond acceptors (Lipinski definition) is 6. The summed E-state index contributed by atoms with van der Waals surface area (Å²) in [5, 5.41) is 4.07. The summed E-state index contributed by atoms with van der Waals surface area (Å²) in [7, 11) is 1.67. The lowest BCUT2D eigenvalue weighted by Gasteiger charge is -2.05. The summed E-state index contributed by atoms with van der Waals surface area (Å²) in [6, 6.07) is 7.67. The molecule has 0 bridgehead atoms. The van der Waals surface area contributed by atoms with E-state index in [2.05, 4.69) is 10.1 Å². The topological polar surface area (TPSA) is 83.4 Å². The van der Waals surface area contributed by atoms with Crippen LogP contribution in [-0.4, -0.2) is 30.5 Å². The van der Waals surface area contributed by atoms with Crippen LogP contribution >= 0.6 is 0 Å². The summed E-state index contributed by atoms with van der Waals surface area (Å²) in [5.74, 6) is 2.02. The molecule has 1 aliphatic heterocycles. The molecule has 0 spiro atoms. The molecule has 0 aliphatic carbocycles. The van der Waals surface area contributed by atoms with E-state index in [4.69, 9.17) is 19.7 Å². The van der Waals surface area contributed by atoms with Crippen molar-refractivity contribution < 1.29 is 14.0 Å². The van der Waals surface area contributed by atoms with Gasteiger partial charge in [-0.25, -0.2) is 0 Å². The number of aromatic nitrogens is 2. The number of nitrogens with two attached hydrogens (primary N) is 1. The van der Waals surface area contributed by atoms with E-state index in [0.717, 1.165) is 24.2 Å². The SMILES string of the molecule is COCCCC(N)c1nc(C2COc3ccccc32)no1. The first kappa shape index (κ1) is 14.0. The molecule has 0 radical (unpaired) electrons. The Hall–Kier alpha value is -1.92. The van der Waals surface area contributed by atoms with Crippen LogP contribution in [0.3, 0.4) is 0 Å². The first-order valence-electron chi connectivity index (χ1n) is 7.09. The van der Waals surface area contributed by atoms with Crippen molar-refractivity contribution in [3.05, 3.63) is 41.5 Å². The van der Waals surface area contributed by atoms with Gasteiger partial charge in [0.1, 0.15) is 12.4 Å². The van der Waals surface area contributed by atoms with Gasteiger partial charge in [-0.05, 0) is 18.9 Å². The van der Waals surface area contributed by atoms with Gasteiger partial charge in [0, 0.05) is 19.3 Å². The van der Waals surface area contributed by atoms with Crippen LogP contribution < -0.4 is 10.5 Å². The Balaban J connectivity index is 1.71. The van der Waals surface area contributed by atoms with Crippen molar-refractivity contribution in [1.29, 1.82) is 0 Å². The highest BCUT2D eigenvalue weighted by atomic mass is 16.5. The van der Waals surface area contributed by atoms with E-state index in [1.807, 2.05) is 24.3 Å². The summed E-state index contributed by atoms with van der Waals surface area (Å²) in [6.45, 7) is 1.22. The van der Waals surface area contributed by atoms with E-state index in [0.29, 0.717) is 24.9 Å². The minimum Gasteiger partial charge on any atom is -0.492 e. The van der Waals surface area contributed by atoms with E-state index in [1.165, 1.54) is 0 Å². The zero-order valence-corrected chi connectivity index (χ0v) is 12.0. The molecule has 2 heterocycles. The van der Waals surface area contributed by atoms with Gasteiger partial charge in [0.05, 0.1) is 12.0 Å². The molecule has 112 valence electrons. The summed E-state index contributed by atoms with van der Waals surface area (Å²) in [6.07, 6.45) is 1.62. The summed E-state index contributed by atoms with van der Waals surface area (Å²) in [4.78, 5) is 4.45.